The van der Waals surface area contributed by atoms with E-state index in [1.165, 1.54) is 269 Å². The summed E-state index contributed by atoms with van der Waals surface area (Å²) in [5.74, 6) is 1.05. The highest BCUT2D eigenvalue weighted by Crippen LogP contribution is 2.63. The Hall–Kier alpha value is -17.3. The Labute approximate surface area is 809 Å². The summed E-state index contributed by atoms with van der Waals surface area (Å²) in [6.07, 6.45) is 39.4. The number of anilines is 15. The number of fused-ring (bicyclic) bond motifs is 40. The maximum Gasteiger partial charge on any atom is 0.141 e. The molecule has 5 aliphatic carbocycles. The molecular formula is C125H85N15. The molecule has 20 aromatic rings. The van der Waals surface area contributed by atoms with Crippen molar-refractivity contribution in [3.8, 4) is 55.6 Å². The first kappa shape index (κ1) is 77.9. The van der Waals surface area contributed by atoms with Gasteiger partial charge in [0, 0.05) is 139 Å². The van der Waals surface area contributed by atoms with Crippen molar-refractivity contribution >= 4 is 85.4 Å². The molecule has 10 aromatic heterocycles. The second-order valence-electron chi connectivity index (χ2n) is 39.4. The van der Waals surface area contributed by atoms with E-state index >= 15 is 0 Å². The zero-order valence-electron chi connectivity index (χ0n) is 76.6. The third kappa shape index (κ3) is 11.5. The smallest absolute Gasteiger partial charge is 0.141 e. The van der Waals surface area contributed by atoms with Gasteiger partial charge < -0.3 is 19.6 Å². The van der Waals surface area contributed by atoms with E-state index in [0.29, 0.717) is 0 Å². The Bertz CT molecular complexity index is 7660. The summed E-state index contributed by atoms with van der Waals surface area (Å²) in [6.45, 7) is 0. The Morgan fingerprint density at radius 1 is 0.157 bits per heavy atom. The van der Waals surface area contributed by atoms with E-state index in [1.54, 1.807) is 0 Å². The number of hydrogen-bond donors (Lipinski definition) is 0. The molecule has 0 saturated heterocycles. The minimum atomic E-state index is 0.884. The lowest BCUT2D eigenvalue weighted by molar-refractivity contribution is 0.944. The maximum absolute atomic E-state index is 4.78. The average Bonchev–Trinajstić information content (AvgIpc) is 1.65. The molecule has 35 rings (SSSR count). The second-order valence-corrected chi connectivity index (χ2v) is 39.4. The number of pyridine rings is 10. The number of rotatable bonds is 0. The molecule has 0 atom stereocenters. The van der Waals surface area contributed by atoms with Crippen LogP contribution in [0.3, 0.4) is 0 Å². The van der Waals surface area contributed by atoms with Crippen LogP contribution in [0.25, 0.3) is 55.6 Å². The zero-order chi connectivity index (χ0) is 91.2. The van der Waals surface area contributed by atoms with Gasteiger partial charge in [-0.2, -0.15) is 0 Å². The molecule has 20 heterocycles. The van der Waals surface area contributed by atoms with Crippen molar-refractivity contribution in [1.29, 1.82) is 0 Å². The summed E-state index contributed by atoms with van der Waals surface area (Å²) in [5.41, 5.74) is 72.5. The Balaban J connectivity index is 0.0000000806. The van der Waals surface area contributed by atoms with E-state index in [2.05, 4.69) is 252 Å². The molecule has 0 spiro atoms. The topological polar surface area (TPSA) is 145 Å². The van der Waals surface area contributed by atoms with Gasteiger partial charge in [0.05, 0.1) is 120 Å². The van der Waals surface area contributed by atoms with Crippen molar-refractivity contribution in [2.45, 2.75) is 96.3 Å². The number of hydrogen-bond acceptors (Lipinski definition) is 15. The molecule has 15 heteroatoms. The maximum atomic E-state index is 4.78. The minimum Gasteiger partial charge on any atom is -0.308 e. The second kappa shape index (κ2) is 30.1. The molecule has 140 heavy (non-hydrogen) atoms. The fourth-order valence-electron chi connectivity index (χ4n) is 26.6. The van der Waals surface area contributed by atoms with E-state index in [4.69, 9.17) is 34.9 Å². The molecule has 15 aliphatic rings. The fraction of sp³-hybridized carbons (Fsp3) is 0.120. The Morgan fingerprint density at radius 3 is 0.793 bits per heavy atom. The quantitative estimate of drug-likeness (QED) is 0.142. The van der Waals surface area contributed by atoms with Crippen LogP contribution < -0.4 is 24.5 Å². The Kier molecular flexibility index (Phi) is 16.8. The largest absolute Gasteiger partial charge is 0.308 e. The van der Waals surface area contributed by atoms with E-state index in [1.807, 2.05) is 123 Å². The van der Waals surface area contributed by atoms with Crippen LogP contribution in [0.4, 0.5) is 85.4 Å². The molecule has 0 bridgehead atoms. The van der Waals surface area contributed by atoms with Crippen LogP contribution in [0.1, 0.15) is 168 Å². The SMILES string of the molecule is c1ccc2c(c1)Cc1cc3c4c(c1-2)Cc1cnccc1N4c1cccnc1C3.c1ccc2c(c1)Cc1cc3c4c(c1-2)Cc1ncccc1N4c1cccnc1C3.c1ccc2c(c1)Cc1cc3c4c(c1-2)Cc1ncccc1N4c1ccncc1C3.c1ccc2c(c1)Cc1cc3c4c(c1-2)Cc1ncccc1N4c1cnccc1C3.c1ccc2c(c1)Cc1cc3c4c(c1-2)Cc1ncccc1N4c1ncccc1C3. The normalized spacial score (nSPS) is 14.6. The Morgan fingerprint density at radius 2 is 0.414 bits per heavy atom. The summed E-state index contributed by atoms with van der Waals surface area (Å²) in [5, 5.41) is 0. The number of benzene rings is 10. The average molecular weight is 1800 g/mol. The van der Waals surface area contributed by atoms with E-state index in [0.717, 1.165) is 136 Å². The first-order valence-electron chi connectivity index (χ1n) is 49.1. The molecule has 0 fully saturated rings. The predicted molar refractivity (Wildman–Crippen MR) is 553 cm³/mol. The lowest BCUT2D eigenvalue weighted by atomic mass is 9.83. The van der Waals surface area contributed by atoms with Crippen molar-refractivity contribution in [3.63, 3.8) is 0 Å². The lowest BCUT2D eigenvalue weighted by Crippen LogP contribution is -2.26. The molecular weight excluding hydrogens is 1710 g/mol. The third-order valence-corrected chi connectivity index (χ3v) is 32.0. The van der Waals surface area contributed by atoms with Gasteiger partial charge in [0.15, 0.2) is 0 Å². The van der Waals surface area contributed by atoms with Crippen LogP contribution in [-0.2, 0) is 96.3 Å². The van der Waals surface area contributed by atoms with Gasteiger partial charge in [-0.05, 0) is 318 Å². The molecule has 15 nitrogen and oxygen atoms in total. The van der Waals surface area contributed by atoms with E-state index < -0.39 is 0 Å². The van der Waals surface area contributed by atoms with Crippen molar-refractivity contribution in [2.24, 2.45) is 0 Å². The number of aromatic nitrogens is 10. The van der Waals surface area contributed by atoms with Crippen LogP contribution in [0, 0.1) is 0 Å². The molecule has 0 unspecified atom stereocenters. The number of nitrogens with zero attached hydrogens (tertiary/aromatic N) is 15. The van der Waals surface area contributed by atoms with Gasteiger partial charge in [-0.25, -0.2) is 4.98 Å². The third-order valence-electron chi connectivity index (χ3n) is 32.0. The van der Waals surface area contributed by atoms with Gasteiger partial charge in [0.2, 0.25) is 0 Å². The van der Waals surface area contributed by atoms with Crippen LogP contribution in [0.2, 0.25) is 0 Å². The van der Waals surface area contributed by atoms with Crippen LogP contribution in [-0.4, -0.2) is 49.8 Å². The standard InChI is InChI=1S/5C25H17N3/c1-2-7-19-15(5-1)11-17-13-18-12-16-6-3-10-27-25(16)28-22-8-4-9-26-21(22)14-20(23(17)19)24(18)28;1-2-6-18-15(5-1)11-16-12-17-13-20-22(7-3-9-26-20)28-23-8-4-10-27-21(23)14-19(24(16)18)25(17)28;1-2-5-19-15(4-1)10-16-11-17-13-21-23(6-3-8-27-21)28-22-7-9-26-14-18(22)12-20(24(16)19)25(17)28;1-2-5-19-15(4-1)10-16-11-17-12-18-14-26-9-7-22(18)28-23-6-3-8-27-21(23)13-20(24(16)19)25(17)28;1-2-5-19-15(4-1)10-17-12-18-11-16-7-9-26-14-23(16)28-22-6-3-8-27-21(22)13-20(24(17)19)25(18)28/h1-10,13H,11-12,14H2;1-10,12H,11,13-14H2;2*1-9,11,14H,10,12-13H2;1-9,12,14H,10-11,13H2. The molecule has 0 saturated carbocycles. The highest BCUT2D eigenvalue weighted by molar-refractivity contribution is 6.02. The molecule has 0 radical (unpaired) electrons. The first-order chi connectivity index (χ1) is 69.4. The van der Waals surface area contributed by atoms with Gasteiger partial charge in [-0.15, -0.1) is 0 Å². The van der Waals surface area contributed by atoms with Gasteiger partial charge >= 0.3 is 0 Å². The minimum absolute atomic E-state index is 0.884. The monoisotopic (exact) mass is 1800 g/mol. The summed E-state index contributed by atoms with van der Waals surface area (Å²) >= 11 is 0. The van der Waals surface area contributed by atoms with E-state index in [-0.39, 0.29) is 0 Å². The van der Waals surface area contributed by atoms with Gasteiger partial charge in [-0.1, -0.05) is 158 Å². The lowest BCUT2D eigenvalue weighted by Gasteiger charge is -2.39. The summed E-state index contributed by atoms with van der Waals surface area (Å²) in [6, 6.07) is 92.6. The summed E-state index contributed by atoms with van der Waals surface area (Å²) < 4.78 is 0. The van der Waals surface area contributed by atoms with E-state index in [9.17, 15) is 0 Å². The van der Waals surface area contributed by atoms with Gasteiger partial charge in [0.1, 0.15) is 5.82 Å². The van der Waals surface area contributed by atoms with Crippen LogP contribution in [0.15, 0.2) is 335 Å². The van der Waals surface area contributed by atoms with Crippen molar-refractivity contribution < 1.29 is 0 Å². The fourth-order valence-corrected chi connectivity index (χ4v) is 26.6. The molecule has 0 amide bonds. The molecule has 10 aliphatic heterocycles. The molecule has 660 valence electrons. The highest BCUT2D eigenvalue weighted by atomic mass is 15.2. The molecule has 0 N–H and O–H groups in total. The van der Waals surface area contributed by atoms with Gasteiger partial charge in [-0.3, -0.25) is 49.8 Å². The van der Waals surface area contributed by atoms with Gasteiger partial charge in [0.25, 0.3) is 0 Å². The highest BCUT2D eigenvalue weighted by Gasteiger charge is 2.45. The predicted octanol–water partition coefficient (Wildman–Crippen LogP) is 26.6. The van der Waals surface area contributed by atoms with Crippen LogP contribution >= 0.6 is 0 Å². The summed E-state index contributed by atoms with van der Waals surface area (Å²) in [7, 11) is 0. The summed E-state index contributed by atoms with van der Waals surface area (Å²) in [4.78, 5) is 58.6. The molecule has 10 aromatic carbocycles. The zero-order valence-corrected chi connectivity index (χ0v) is 76.6. The van der Waals surface area contributed by atoms with Crippen molar-refractivity contribution in [3.05, 3.63) is 503 Å². The first-order valence-corrected chi connectivity index (χ1v) is 49.1. The van der Waals surface area contributed by atoms with Crippen molar-refractivity contribution in [2.75, 3.05) is 24.5 Å². The van der Waals surface area contributed by atoms with Crippen molar-refractivity contribution in [1.82, 2.24) is 49.8 Å². The van der Waals surface area contributed by atoms with Crippen LogP contribution in [0.5, 0.6) is 0 Å².